The summed E-state index contributed by atoms with van der Waals surface area (Å²) in [4.78, 5) is 25.0. The minimum Gasteiger partial charge on any atom is -0.492 e. The number of ether oxygens (including phenoxy) is 1. The van der Waals surface area contributed by atoms with Crippen molar-refractivity contribution >= 4 is 11.8 Å². The largest absolute Gasteiger partial charge is 0.492 e. The van der Waals surface area contributed by atoms with E-state index in [1.54, 1.807) is 0 Å². The molecule has 1 saturated heterocycles. The second-order valence-corrected chi connectivity index (χ2v) is 5.46. The molecule has 1 aromatic rings. The molecular formula is C16H23N3O3. The summed E-state index contributed by atoms with van der Waals surface area (Å²) in [5, 5.41) is 2.84. The highest BCUT2D eigenvalue weighted by atomic mass is 16.5. The smallest absolute Gasteiger partial charge is 0.234 e. The first-order valence-electron chi connectivity index (χ1n) is 7.61. The Labute approximate surface area is 130 Å². The Hall–Kier alpha value is -2.08. The summed E-state index contributed by atoms with van der Waals surface area (Å²) >= 11 is 0. The summed E-state index contributed by atoms with van der Waals surface area (Å²) in [6.07, 6.45) is 1.47. The Balaban J connectivity index is 1.57. The Kier molecular flexibility index (Phi) is 6.21. The van der Waals surface area contributed by atoms with Crippen LogP contribution in [0.2, 0.25) is 0 Å². The van der Waals surface area contributed by atoms with E-state index in [9.17, 15) is 9.59 Å². The lowest BCUT2D eigenvalue weighted by Crippen LogP contribution is -2.44. The minimum absolute atomic E-state index is 0.0193. The number of primary amides is 1. The molecule has 1 aromatic carbocycles. The number of rotatable bonds is 7. The number of nitrogens with two attached hydrogens (primary N) is 1. The summed E-state index contributed by atoms with van der Waals surface area (Å²) in [7, 11) is 0. The maximum absolute atomic E-state index is 11.8. The van der Waals surface area contributed by atoms with Crippen molar-refractivity contribution in [2.45, 2.75) is 12.8 Å². The SMILES string of the molecule is NC(=O)C1CCN(CC(=O)NCCOc2ccccc2)CC1. The molecule has 0 radical (unpaired) electrons. The Morgan fingerprint density at radius 3 is 2.55 bits per heavy atom. The number of nitrogens with zero attached hydrogens (tertiary/aromatic N) is 1. The van der Waals surface area contributed by atoms with Crippen LogP contribution in [0.15, 0.2) is 30.3 Å². The van der Waals surface area contributed by atoms with Gasteiger partial charge in [-0.1, -0.05) is 18.2 Å². The van der Waals surface area contributed by atoms with Crippen LogP contribution in [0, 0.1) is 5.92 Å². The summed E-state index contributed by atoms with van der Waals surface area (Å²) in [5.41, 5.74) is 5.29. The molecule has 0 unspecified atom stereocenters. The molecule has 1 heterocycles. The molecule has 1 aliphatic heterocycles. The van der Waals surface area contributed by atoms with Crippen LogP contribution in [0.25, 0.3) is 0 Å². The van der Waals surface area contributed by atoms with Gasteiger partial charge in [0.05, 0.1) is 13.1 Å². The van der Waals surface area contributed by atoms with Gasteiger partial charge in [0, 0.05) is 5.92 Å². The second-order valence-electron chi connectivity index (χ2n) is 5.46. The molecular weight excluding hydrogens is 282 g/mol. The minimum atomic E-state index is -0.234. The van der Waals surface area contributed by atoms with E-state index < -0.39 is 0 Å². The Morgan fingerprint density at radius 2 is 1.91 bits per heavy atom. The Bertz CT molecular complexity index is 485. The number of carbonyl (C=O) groups excluding carboxylic acids is 2. The standard InChI is InChI=1S/C16H23N3O3/c17-16(21)13-6-9-19(10-7-13)12-15(20)18-8-11-22-14-4-2-1-3-5-14/h1-5,13H,6-12H2,(H2,17,21)(H,18,20). The van der Waals surface area contributed by atoms with Gasteiger partial charge in [-0.3, -0.25) is 14.5 Å². The number of nitrogens with one attached hydrogen (secondary N) is 1. The summed E-state index contributed by atoms with van der Waals surface area (Å²) in [5.74, 6) is 0.500. The van der Waals surface area contributed by atoms with Crippen molar-refractivity contribution in [2.75, 3.05) is 32.8 Å². The van der Waals surface area contributed by atoms with Gasteiger partial charge in [0.2, 0.25) is 11.8 Å². The molecule has 0 aromatic heterocycles. The van der Waals surface area contributed by atoms with Crippen LogP contribution in [-0.4, -0.2) is 49.5 Å². The molecule has 1 aliphatic rings. The van der Waals surface area contributed by atoms with E-state index in [0.29, 0.717) is 19.7 Å². The van der Waals surface area contributed by atoms with Gasteiger partial charge in [-0.15, -0.1) is 0 Å². The number of likely N-dealkylation sites (tertiary alicyclic amines) is 1. The van der Waals surface area contributed by atoms with Crippen LogP contribution in [-0.2, 0) is 9.59 Å². The summed E-state index contributed by atoms with van der Waals surface area (Å²) in [6.45, 7) is 2.75. The molecule has 0 atom stereocenters. The molecule has 2 amide bonds. The van der Waals surface area contributed by atoms with Crippen molar-refractivity contribution in [3.8, 4) is 5.75 Å². The first-order chi connectivity index (χ1) is 10.6. The lowest BCUT2D eigenvalue weighted by Gasteiger charge is -2.29. The van der Waals surface area contributed by atoms with Gasteiger partial charge in [0.1, 0.15) is 12.4 Å². The quantitative estimate of drug-likeness (QED) is 0.713. The zero-order valence-electron chi connectivity index (χ0n) is 12.7. The fourth-order valence-electron chi connectivity index (χ4n) is 2.51. The zero-order chi connectivity index (χ0) is 15.8. The van der Waals surface area contributed by atoms with Gasteiger partial charge in [-0.05, 0) is 38.1 Å². The van der Waals surface area contributed by atoms with E-state index in [2.05, 4.69) is 5.32 Å². The normalized spacial score (nSPS) is 16.2. The Morgan fingerprint density at radius 1 is 1.23 bits per heavy atom. The fraction of sp³-hybridized carbons (Fsp3) is 0.500. The molecule has 6 heteroatoms. The molecule has 1 fully saturated rings. The molecule has 22 heavy (non-hydrogen) atoms. The van der Waals surface area contributed by atoms with Crippen molar-refractivity contribution in [3.05, 3.63) is 30.3 Å². The number of hydrogen-bond donors (Lipinski definition) is 2. The van der Waals surface area contributed by atoms with Crippen molar-refractivity contribution in [3.63, 3.8) is 0 Å². The topological polar surface area (TPSA) is 84.7 Å². The van der Waals surface area contributed by atoms with Crippen molar-refractivity contribution in [1.29, 1.82) is 0 Å². The molecule has 3 N–H and O–H groups in total. The van der Waals surface area contributed by atoms with Crippen LogP contribution in [0.1, 0.15) is 12.8 Å². The highest BCUT2D eigenvalue weighted by Gasteiger charge is 2.23. The summed E-state index contributed by atoms with van der Waals surface area (Å²) < 4.78 is 5.51. The van der Waals surface area contributed by atoms with Crippen LogP contribution in [0.4, 0.5) is 0 Å². The number of carbonyl (C=O) groups is 2. The number of piperidine rings is 1. The first kappa shape index (κ1) is 16.3. The second kappa shape index (κ2) is 8.38. The number of benzene rings is 1. The molecule has 0 bridgehead atoms. The number of para-hydroxylation sites is 1. The van der Waals surface area contributed by atoms with Crippen LogP contribution in [0.3, 0.4) is 0 Å². The average molecular weight is 305 g/mol. The lowest BCUT2D eigenvalue weighted by atomic mass is 9.96. The van der Waals surface area contributed by atoms with Gasteiger partial charge in [0.25, 0.3) is 0 Å². The third kappa shape index (κ3) is 5.37. The molecule has 0 saturated carbocycles. The van der Waals surface area contributed by atoms with Crippen molar-refractivity contribution < 1.29 is 14.3 Å². The molecule has 0 spiro atoms. The van der Waals surface area contributed by atoms with Crippen LogP contribution >= 0.6 is 0 Å². The lowest BCUT2D eigenvalue weighted by molar-refractivity contribution is -0.124. The van der Waals surface area contributed by atoms with E-state index in [4.69, 9.17) is 10.5 Å². The monoisotopic (exact) mass is 305 g/mol. The zero-order valence-corrected chi connectivity index (χ0v) is 12.7. The van der Waals surface area contributed by atoms with E-state index >= 15 is 0 Å². The fourth-order valence-corrected chi connectivity index (χ4v) is 2.51. The molecule has 6 nitrogen and oxygen atoms in total. The maximum atomic E-state index is 11.8. The predicted octanol–water partition coefficient (Wildman–Crippen LogP) is 0.379. The highest BCUT2D eigenvalue weighted by Crippen LogP contribution is 2.16. The molecule has 120 valence electrons. The third-order valence-electron chi connectivity index (χ3n) is 3.79. The third-order valence-corrected chi connectivity index (χ3v) is 3.79. The summed E-state index contributed by atoms with van der Waals surface area (Å²) in [6, 6.07) is 9.50. The van der Waals surface area contributed by atoms with E-state index in [0.717, 1.165) is 31.7 Å². The van der Waals surface area contributed by atoms with E-state index in [1.165, 1.54) is 0 Å². The van der Waals surface area contributed by atoms with Crippen LogP contribution in [0.5, 0.6) is 5.75 Å². The van der Waals surface area contributed by atoms with Gasteiger partial charge in [0.15, 0.2) is 0 Å². The molecule has 0 aliphatic carbocycles. The van der Waals surface area contributed by atoms with Crippen molar-refractivity contribution in [2.24, 2.45) is 11.7 Å². The predicted molar refractivity (Wildman–Crippen MR) is 83.3 cm³/mol. The van der Waals surface area contributed by atoms with Gasteiger partial charge in [-0.2, -0.15) is 0 Å². The first-order valence-corrected chi connectivity index (χ1v) is 7.61. The van der Waals surface area contributed by atoms with Crippen molar-refractivity contribution in [1.82, 2.24) is 10.2 Å². The van der Waals surface area contributed by atoms with E-state index in [-0.39, 0.29) is 17.7 Å². The highest BCUT2D eigenvalue weighted by molar-refractivity contribution is 5.78. The average Bonchev–Trinajstić information content (AvgIpc) is 2.53. The van der Waals surface area contributed by atoms with Gasteiger partial charge < -0.3 is 15.8 Å². The number of amides is 2. The number of hydrogen-bond acceptors (Lipinski definition) is 4. The van der Waals surface area contributed by atoms with Gasteiger partial charge >= 0.3 is 0 Å². The van der Waals surface area contributed by atoms with Crippen LogP contribution < -0.4 is 15.8 Å². The molecule has 2 rings (SSSR count). The van der Waals surface area contributed by atoms with E-state index in [1.807, 2.05) is 35.2 Å². The maximum Gasteiger partial charge on any atom is 0.234 e. The van der Waals surface area contributed by atoms with Gasteiger partial charge in [-0.25, -0.2) is 0 Å².